The number of hydrogen-bond donors (Lipinski definition) is 3. The van der Waals surface area contributed by atoms with Gasteiger partial charge in [0, 0.05) is 19.6 Å². The highest BCUT2D eigenvalue weighted by atomic mass is 16.4. The molecule has 3 N–H and O–H groups in total. The summed E-state index contributed by atoms with van der Waals surface area (Å²) in [5.74, 6) is -1.06. The van der Waals surface area contributed by atoms with Crippen molar-refractivity contribution in [1.82, 2.24) is 10.2 Å². The van der Waals surface area contributed by atoms with Gasteiger partial charge in [-0.05, 0) is 31.4 Å². The lowest BCUT2D eigenvalue weighted by atomic mass is 10.1. The van der Waals surface area contributed by atoms with Crippen LogP contribution in [-0.4, -0.2) is 47.5 Å². The van der Waals surface area contributed by atoms with Gasteiger partial charge in [0.15, 0.2) is 0 Å². The molecule has 1 aromatic carbocycles. The summed E-state index contributed by atoms with van der Waals surface area (Å²) in [6, 6.07) is 4.75. The van der Waals surface area contributed by atoms with Crippen LogP contribution in [0.15, 0.2) is 18.2 Å². The second kappa shape index (κ2) is 7.62. The topological polar surface area (TPSA) is 98.7 Å². The number of nitrogens with zero attached hydrogens (tertiary/aromatic N) is 1. The minimum Gasteiger partial charge on any atom is -0.481 e. The lowest BCUT2D eigenvalue weighted by molar-refractivity contribution is -0.136. The van der Waals surface area contributed by atoms with Gasteiger partial charge in [-0.25, -0.2) is 4.79 Å². The van der Waals surface area contributed by atoms with E-state index < -0.39 is 12.0 Å². The number of nitrogens with one attached hydrogen (secondary N) is 2. The molecule has 7 nitrogen and oxygen atoms in total. The summed E-state index contributed by atoms with van der Waals surface area (Å²) in [6.45, 7) is 3.33. The summed E-state index contributed by atoms with van der Waals surface area (Å²) in [4.78, 5) is 36.8. The first kappa shape index (κ1) is 16.8. The molecule has 0 atom stereocenters. The maximum Gasteiger partial charge on any atom is 0.319 e. The van der Waals surface area contributed by atoms with Crippen molar-refractivity contribution in [2.75, 3.05) is 25.0 Å². The average molecular weight is 319 g/mol. The minimum atomic E-state index is -0.981. The number of carbonyl (C=O) groups is 3. The first-order valence-electron chi connectivity index (χ1n) is 7.64. The molecule has 0 saturated carbocycles. The molecule has 0 spiro atoms. The molecule has 1 aliphatic rings. The van der Waals surface area contributed by atoms with Crippen molar-refractivity contribution >= 4 is 23.6 Å². The molecule has 1 heterocycles. The van der Waals surface area contributed by atoms with Gasteiger partial charge in [0.25, 0.3) is 5.91 Å². The van der Waals surface area contributed by atoms with Gasteiger partial charge >= 0.3 is 12.0 Å². The lowest BCUT2D eigenvalue weighted by Crippen LogP contribution is -2.33. The molecule has 1 saturated heterocycles. The van der Waals surface area contributed by atoms with E-state index in [4.69, 9.17) is 5.11 Å². The molecule has 0 radical (unpaired) electrons. The molecule has 1 fully saturated rings. The summed E-state index contributed by atoms with van der Waals surface area (Å²) in [6.07, 6.45) is 1.84. The Bertz CT molecular complexity index is 609. The molecule has 0 aromatic heterocycles. The number of aliphatic carboxylic acids is 1. The number of benzene rings is 1. The molecule has 23 heavy (non-hydrogen) atoms. The highest BCUT2D eigenvalue weighted by Gasteiger charge is 2.23. The van der Waals surface area contributed by atoms with Crippen LogP contribution in [0.1, 0.15) is 35.2 Å². The fourth-order valence-electron chi connectivity index (χ4n) is 2.58. The summed E-state index contributed by atoms with van der Waals surface area (Å²) in [7, 11) is 0. The Morgan fingerprint density at radius 2 is 1.91 bits per heavy atom. The second-order valence-electron chi connectivity index (χ2n) is 5.52. The summed E-state index contributed by atoms with van der Waals surface area (Å²) < 4.78 is 0. The quantitative estimate of drug-likeness (QED) is 0.771. The van der Waals surface area contributed by atoms with E-state index in [9.17, 15) is 14.4 Å². The summed E-state index contributed by atoms with van der Waals surface area (Å²) >= 11 is 0. The maximum atomic E-state index is 12.6. The molecule has 1 aliphatic heterocycles. The number of carboxylic acids is 1. The fourth-order valence-corrected chi connectivity index (χ4v) is 2.58. The predicted molar refractivity (Wildman–Crippen MR) is 85.6 cm³/mol. The minimum absolute atomic E-state index is 0.0301. The Morgan fingerprint density at radius 3 is 2.57 bits per heavy atom. The molecule has 0 unspecified atom stereocenters. The van der Waals surface area contributed by atoms with Crippen molar-refractivity contribution in [2.24, 2.45) is 0 Å². The Labute approximate surface area is 134 Å². The molecule has 1 aromatic rings. The van der Waals surface area contributed by atoms with Crippen LogP contribution in [0.25, 0.3) is 0 Å². The van der Waals surface area contributed by atoms with Gasteiger partial charge in [-0.2, -0.15) is 0 Å². The standard InChI is InChI=1S/C16H21N3O4/c1-11-5-4-6-12(18-16(23)17-8-7-13(20)21)14(11)15(22)19-9-2-3-10-19/h4-6H,2-3,7-10H2,1H3,(H,20,21)(H2,17,18,23). The first-order valence-corrected chi connectivity index (χ1v) is 7.64. The number of likely N-dealkylation sites (tertiary alicyclic amines) is 1. The number of carboxylic acid groups (broad SMARTS) is 1. The summed E-state index contributed by atoms with van der Waals surface area (Å²) in [5.41, 5.74) is 1.72. The Kier molecular flexibility index (Phi) is 5.56. The monoisotopic (exact) mass is 319 g/mol. The Hall–Kier alpha value is -2.57. The molecule has 124 valence electrons. The largest absolute Gasteiger partial charge is 0.481 e. The summed E-state index contributed by atoms with van der Waals surface area (Å²) in [5, 5.41) is 13.7. The zero-order valence-corrected chi connectivity index (χ0v) is 13.1. The van der Waals surface area contributed by atoms with Crippen LogP contribution in [0.2, 0.25) is 0 Å². The van der Waals surface area contributed by atoms with Crippen molar-refractivity contribution < 1.29 is 19.5 Å². The van der Waals surface area contributed by atoms with Crippen LogP contribution in [0.5, 0.6) is 0 Å². The van der Waals surface area contributed by atoms with Crippen LogP contribution < -0.4 is 10.6 Å². The van der Waals surface area contributed by atoms with Crippen molar-refractivity contribution in [1.29, 1.82) is 0 Å². The van der Waals surface area contributed by atoms with E-state index >= 15 is 0 Å². The van der Waals surface area contributed by atoms with Crippen molar-refractivity contribution in [3.8, 4) is 0 Å². The zero-order valence-electron chi connectivity index (χ0n) is 13.1. The van der Waals surface area contributed by atoms with E-state index in [0.29, 0.717) is 11.3 Å². The SMILES string of the molecule is Cc1cccc(NC(=O)NCCC(=O)O)c1C(=O)N1CCCC1. The third-order valence-corrected chi connectivity index (χ3v) is 3.75. The van der Waals surface area contributed by atoms with Crippen LogP contribution in [0.4, 0.5) is 10.5 Å². The van der Waals surface area contributed by atoms with Gasteiger partial charge < -0.3 is 20.6 Å². The van der Waals surface area contributed by atoms with Crippen molar-refractivity contribution in [2.45, 2.75) is 26.2 Å². The molecular formula is C16H21N3O4. The van der Waals surface area contributed by atoms with E-state index in [-0.39, 0.29) is 18.9 Å². The fraction of sp³-hybridized carbons (Fsp3) is 0.438. The molecular weight excluding hydrogens is 298 g/mol. The van der Waals surface area contributed by atoms with Crippen LogP contribution in [-0.2, 0) is 4.79 Å². The predicted octanol–water partition coefficient (Wildman–Crippen LogP) is 1.83. The van der Waals surface area contributed by atoms with Crippen LogP contribution in [0.3, 0.4) is 0 Å². The van der Waals surface area contributed by atoms with E-state index in [1.165, 1.54) is 0 Å². The first-order chi connectivity index (χ1) is 11.0. The Morgan fingerprint density at radius 1 is 1.22 bits per heavy atom. The normalized spacial score (nSPS) is 13.7. The number of anilines is 1. The van der Waals surface area contributed by atoms with Gasteiger partial charge in [0.2, 0.25) is 0 Å². The van der Waals surface area contributed by atoms with Crippen LogP contribution in [0, 0.1) is 6.92 Å². The Balaban J connectivity index is 2.09. The average Bonchev–Trinajstić information content (AvgIpc) is 3.00. The van der Waals surface area contributed by atoms with Crippen LogP contribution >= 0.6 is 0 Å². The van der Waals surface area contributed by atoms with E-state index in [2.05, 4.69) is 10.6 Å². The van der Waals surface area contributed by atoms with Gasteiger partial charge in [-0.15, -0.1) is 0 Å². The van der Waals surface area contributed by atoms with E-state index in [1.54, 1.807) is 17.0 Å². The number of rotatable bonds is 5. The highest BCUT2D eigenvalue weighted by Crippen LogP contribution is 2.23. The maximum absolute atomic E-state index is 12.6. The number of aryl methyl sites for hydroxylation is 1. The van der Waals surface area contributed by atoms with Gasteiger partial charge in [0.05, 0.1) is 17.7 Å². The van der Waals surface area contributed by atoms with Gasteiger partial charge in [-0.1, -0.05) is 12.1 Å². The number of hydrogen-bond acceptors (Lipinski definition) is 3. The molecule has 7 heteroatoms. The number of amides is 3. The van der Waals surface area contributed by atoms with Crippen molar-refractivity contribution in [3.05, 3.63) is 29.3 Å². The smallest absolute Gasteiger partial charge is 0.319 e. The highest BCUT2D eigenvalue weighted by molar-refractivity contribution is 6.04. The molecule has 0 bridgehead atoms. The number of urea groups is 1. The number of carbonyl (C=O) groups excluding carboxylic acids is 2. The molecule has 3 amide bonds. The van der Waals surface area contributed by atoms with Gasteiger partial charge in [0.1, 0.15) is 0 Å². The molecule has 0 aliphatic carbocycles. The third kappa shape index (κ3) is 4.45. The van der Waals surface area contributed by atoms with Gasteiger partial charge in [-0.3, -0.25) is 9.59 Å². The molecule has 2 rings (SSSR count). The third-order valence-electron chi connectivity index (χ3n) is 3.75. The van der Waals surface area contributed by atoms with E-state index in [1.807, 2.05) is 13.0 Å². The van der Waals surface area contributed by atoms with E-state index in [0.717, 1.165) is 31.5 Å². The van der Waals surface area contributed by atoms with Crippen molar-refractivity contribution in [3.63, 3.8) is 0 Å². The zero-order chi connectivity index (χ0) is 16.8. The lowest BCUT2D eigenvalue weighted by Gasteiger charge is -2.19. The second-order valence-corrected chi connectivity index (χ2v) is 5.52.